The van der Waals surface area contributed by atoms with Gasteiger partial charge in [-0.05, 0) is 55.4 Å². The maximum absolute atomic E-state index is 11.7. The van der Waals surface area contributed by atoms with E-state index in [1.807, 2.05) is 24.3 Å². The van der Waals surface area contributed by atoms with Crippen molar-refractivity contribution in [3.63, 3.8) is 0 Å². The van der Waals surface area contributed by atoms with Gasteiger partial charge in [-0.25, -0.2) is 0 Å². The molecule has 0 unspecified atom stereocenters. The second-order valence-electron chi connectivity index (χ2n) is 9.27. The summed E-state index contributed by atoms with van der Waals surface area (Å²) >= 11 is 0. The third-order valence-corrected chi connectivity index (χ3v) is 6.63. The lowest BCUT2D eigenvalue weighted by Gasteiger charge is -2.29. The van der Waals surface area contributed by atoms with Crippen LogP contribution in [0.2, 0.25) is 0 Å². The predicted octanol–water partition coefficient (Wildman–Crippen LogP) is 6.52. The average molecular weight is 455 g/mol. The van der Waals surface area contributed by atoms with Gasteiger partial charge in [-0.3, -0.25) is 0 Å². The van der Waals surface area contributed by atoms with Crippen molar-refractivity contribution >= 4 is 0 Å². The number of para-hydroxylation sites is 2. The van der Waals surface area contributed by atoms with E-state index < -0.39 is 5.60 Å². The Balaban J connectivity index is 1.71. The van der Waals surface area contributed by atoms with Gasteiger partial charge >= 0.3 is 0 Å². The van der Waals surface area contributed by atoms with Crippen molar-refractivity contribution in [3.05, 3.63) is 59.7 Å². The standard InChI is InChI=1S/C29H42O4/c1-2-3-4-5-6-11-18-29(30)19-16-25-12-7-9-14-27(25)32-23-21-31-22-24-33-28-15-10-8-13-26(28)17-20-29/h7-10,12-15,30H,2-6,11,16-24H2,1H3. The molecule has 4 nitrogen and oxygen atoms in total. The monoisotopic (exact) mass is 454 g/mol. The Morgan fingerprint density at radius 3 is 1.79 bits per heavy atom. The summed E-state index contributed by atoms with van der Waals surface area (Å²) in [5.74, 6) is 1.80. The van der Waals surface area contributed by atoms with E-state index in [4.69, 9.17) is 14.2 Å². The molecule has 0 fully saturated rings. The van der Waals surface area contributed by atoms with Crippen molar-refractivity contribution in [1.82, 2.24) is 0 Å². The van der Waals surface area contributed by atoms with Gasteiger partial charge in [-0.1, -0.05) is 81.8 Å². The molecule has 0 amide bonds. The molecule has 0 radical (unpaired) electrons. The van der Waals surface area contributed by atoms with Crippen molar-refractivity contribution < 1.29 is 19.3 Å². The lowest BCUT2D eigenvalue weighted by molar-refractivity contribution is 0.0118. The van der Waals surface area contributed by atoms with Crippen LogP contribution in [0.4, 0.5) is 0 Å². The molecule has 1 N–H and O–H groups in total. The maximum atomic E-state index is 11.7. The first kappa shape index (κ1) is 25.6. The quantitative estimate of drug-likeness (QED) is 0.484. The topological polar surface area (TPSA) is 47.9 Å². The zero-order chi connectivity index (χ0) is 23.2. The van der Waals surface area contributed by atoms with E-state index in [-0.39, 0.29) is 0 Å². The molecule has 182 valence electrons. The lowest BCUT2D eigenvalue weighted by Crippen LogP contribution is -2.30. The number of hydrogen-bond donors (Lipinski definition) is 1. The number of hydrogen-bond acceptors (Lipinski definition) is 4. The molecule has 0 saturated heterocycles. The Hall–Kier alpha value is -2.04. The lowest BCUT2D eigenvalue weighted by atomic mass is 9.84. The summed E-state index contributed by atoms with van der Waals surface area (Å²) in [5, 5.41) is 11.7. The molecule has 1 aliphatic heterocycles. The van der Waals surface area contributed by atoms with E-state index in [1.165, 1.54) is 32.1 Å². The van der Waals surface area contributed by atoms with Crippen molar-refractivity contribution in [2.75, 3.05) is 26.4 Å². The Morgan fingerprint density at radius 2 is 1.21 bits per heavy atom. The Labute approximate surface area is 200 Å². The Kier molecular flexibility index (Phi) is 11.1. The van der Waals surface area contributed by atoms with Gasteiger partial charge in [0.15, 0.2) is 0 Å². The third kappa shape index (κ3) is 9.02. The van der Waals surface area contributed by atoms with E-state index in [0.717, 1.165) is 61.2 Å². The van der Waals surface area contributed by atoms with Crippen LogP contribution in [0.5, 0.6) is 11.5 Å². The van der Waals surface area contributed by atoms with Crippen LogP contribution >= 0.6 is 0 Å². The first-order valence-electron chi connectivity index (χ1n) is 12.9. The third-order valence-electron chi connectivity index (χ3n) is 6.63. The fourth-order valence-corrected chi connectivity index (χ4v) is 4.57. The molecule has 4 heteroatoms. The first-order valence-corrected chi connectivity index (χ1v) is 12.9. The second-order valence-corrected chi connectivity index (χ2v) is 9.27. The molecular formula is C29H42O4. The molecule has 0 spiro atoms. The summed E-state index contributed by atoms with van der Waals surface area (Å²) < 4.78 is 17.7. The number of aliphatic hydroxyl groups is 1. The van der Waals surface area contributed by atoms with Gasteiger partial charge in [0.2, 0.25) is 0 Å². The highest BCUT2D eigenvalue weighted by Crippen LogP contribution is 2.31. The summed E-state index contributed by atoms with van der Waals surface area (Å²) in [6, 6.07) is 16.4. The van der Waals surface area contributed by atoms with Gasteiger partial charge < -0.3 is 19.3 Å². The molecule has 0 aromatic heterocycles. The SMILES string of the molecule is CCCCCCCCC1(O)CCc2ccccc2OCCOCCOc2ccccc2CC1. The minimum Gasteiger partial charge on any atom is -0.491 e. The minimum absolute atomic E-state index is 0.510. The van der Waals surface area contributed by atoms with Crippen LogP contribution in [0.15, 0.2) is 48.5 Å². The van der Waals surface area contributed by atoms with E-state index >= 15 is 0 Å². The van der Waals surface area contributed by atoms with Crippen molar-refractivity contribution in [3.8, 4) is 11.5 Å². The fourth-order valence-electron chi connectivity index (χ4n) is 4.57. The van der Waals surface area contributed by atoms with Crippen LogP contribution in [0, 0.1) is 0 Å². The molecular weight excluding hydrogens is 412 g/mol. The molecule has 1 aliphatic rings. The maximum Gasteiger partial charge on any atom is 0.122 e. The largest absolute Gasteiger partial charge is 0.491 e. The molecule has 1 heterocycles. The van der Waals surface area contributed by atoms with Gasteiger partial charge in [-0.2, -0.15) is 0 Å². The normalized spacial score (nSPS) is 17.3. The number of fused-ring (bicyclic) bond motifs is 2. The molecule has 0 saturated carbocycles. The zero-order valence-electron chi connectivity index (χ0n) is 20.4. The van der Waals surface area contributed by atoms with Gasteiger partial charge in [0, 0.05) is 0 Å². The zero-order valence-corrected chi connectivity index (χ0v) is 20.4. The van der Waals surface area contributed by atoms with Crippen LogP contribution in [0.1, 0.15) is 75.8 Å². The Bertz CT molecular complexity index is 748. The number of ether oxygens (including phenoxy) is 3. The molecule has 0 aliphatic carbocycles. The Morgan fingerprint density at radius 1 is 0.697 bits per heavy atom. The predicted molar refractivity (Wildman–Crippen MR) is 134 cm³/mol. The minimum atomic E-state index is -0.689. The van der Waals surface area contributed by atoms with Crippen LogP contribution in [-0.4, -0.2) is 37.1 Å². The van der Waals surface area contributed by atoms with Crippen molar-refractivity contribution in [2.24, 2.45) is 0 Å². The summed E-state index contributed by atoms with van der Waals surface area (Å²) in [6.07, 6.45) is 11.3. The second kappa shape index (κ2) is 14.3. The van der Waals surface area contributed by atoms with E-state index in [2.05, 4.69) is 31.2 Å². The highest BCUT2D eigenvalue weighted by atomic mass is 16.5. The summed E-state index contributed by atoms with van der Waals surface area (Å²) in [6.45, 7) is 4.32. The molecule has 0 bridgehead atoms. The number of benzene rings is 2. The van der Waals surface area contributed by atoms with Crippen LogP contribution in [0.3, 0.4) is 0 Å². The average Bonchev–Trinajstić information content (AvgIpc) is 2.84. The fraction of sp³-hybridized carbons (Fsp3) is 0.586. The van der Waals surface area contributed by atoms with Crippen molar-refractivity contribution in [2.45, 2.75) is 83.2 Å². The van der Waals surface area contributed by atoms with Crippen LogP contribution in [0.25, 0.3) is 0 Å². The van der Waals surface area contributed by atoms with Crippen molar-refractivity contribution in [1.29, 1.82) is 0 Å². The molecule has 2 aromatic carbocycles. The van der Waals surface area contributed by atoms with Gasteiger partial charge in [0.25, 0.3) is 0 Å². The summed E-state index contributed by atoms with van der Waals surface area (Å²) in [5.41, 5.74) is 1.63. The van der Waals surface area contributed by atoms with E-state index in [9.17, 15) is 5.11 Å². The van der Waals surface area contributed by atoms with Gasteiger partial charge in [0.1, 0.15) is 24.7 Å². The van der Waals surface area contributed by atoms with E-state index in [1.54, 1.807) is 0 Å². The number of aryl methyl sites for hydroxylation is 2. The molecule has 0 atom stereocenters. The molecule has 2 aromatic rings. The highest BCUT2D eigenvalue weighted by Gasteiger charge is 2.27. The smallest absolute Gasteiger partial charge is 0.122 e. The number of unbranched alkanes of at least 4 members (excludes halogenated alkanes) is 5. The number of rotatable bonds is 7. The van der Waals surface area contributed by atoms with Gasteiger partial charge in [0.05, 0.1) is 18.8 Å². The summed E-state index contributed by atoms with van der Waals surface area (Å²) in [4.78, 5) is 0. The highest BCUT2D eigenvalue weighted by molar-refractivity contribution is 5.34. The van der Waals surface area contributed by atoms with E-state index in [0.29, 0.717) is 26.4 Å². The summed E-state index contributed by atoms with van der Waals surface area (Å²) in [7, 11) is 0. The molecule has 33 heavy (non-hydrogen) atoms. The van der Waals surface area contributed by atoms with Gasteiger partial charge in [-0.15, -0.1) is 0 Å². The van der Waals surface area contributed by atoms with Crippen LogP contribution < -0.4 is 9.47 Å². The molecule has 3 rings (SSSR count). The van der Waals surface area contributed by atoms with Crippen LogP contribution in [-0.2, 0) is 17.6 Å². The first-order chi connectivity index (χ1) is 16.2.